The van der Waals surface area contributed by atoms with E-state index in [2.05, 4.69) is 37.1 Å². The Kier molecular flexibility index (Phi) is 10.8. The summed E-state index contributed by atoms with van der Waals surface area (Å²) in [5.74, 6) is 0.862. The number of terminal acetylenes is 1. The third-order valence-corrected chi connectivity index (χ3v) is 5.63. The van der Waals surface area contributed by atoms with E-state index >= 15 is 0 Å². The van der Waals surface area contributed by atoms with Crippen molar-refractivity contribution in [2.45, 2.75) is 20.4 Å². The smallest absolute Gasteiger partial charge is 0.257 e. The highest BCUT2D eigenvalue weighted by molar-refractivity contribution is 6.99. The van der Waals surface area contributed by atoms with E-state index in [4.69, 9.17) is 0 Å². The number of aromatic hydroxyl groups is 1. The molecule has 0 unspecified atom stereocenters. The highest BCUT2D eigenvalue weighted by atomic mass is 32.1. The molecular formula is C25H32N6O2S. The Bertz CT molecular complexity index is 1050. The van der Waals surface area contributed by atoms with Gasteiger partial charge in [-0.2, -0.15) is 8.75 Å². The van der Waals surface area contributed by atoms with Crippen molar-refractivity contribution in [3.05, 3.63) is 59.7 Å². The molecule has 8 nitrogen and oxygen atoms in total. The lowest BCUT2D eigenvalue weighted by atomic mass is 10.1. The van der Waals surface area contributed by atoms with Crippen LogP contribution in [0.2, 0.25) is 0 Å². The molecule has 180 valence electrons. The summed E-state index contributed by atoms with van der Waals surface area (Å²) in [5.41, 5.74) is 1.83. The van der Waals surface area contributed by atoms with Crippen LogP contribution in [0.25, 0.3) is 0 Å². The maximum absolute atomic E-state index is 12.9. The van der Waals surface area contributed by atoms with Crippen molar-refractivity contribution in [3.63, 3.8) is 0 Å². The van der Waals surface area contributed by atoms with Crippen LogP contribution in [0.3, 0.4) is 0 Å². The zero-order valence-corrected chi connectivity index (χ0v) is 20.7. The number of anilines is 3. The standard InChI is InChI=1S/C21H24N6O2S.C2H6.C2H2/c1-26-10-12-27(13-11-26)21(29)16-8-5-9-17(18(16)28)23-20-19(24-30-25-20)22-14-15-6-3-2-4-7-15;2*1-2/h2-9,28H,10-14H2,1H3,(H,22,24)(H,23,25);1-2H3;1-2H. The van der Waals surface area contributed by atoms with E-state index in [0.717, 1.165) is 30.4 Å². The van der Waals surface area contributed by atoms with Crippen molar-refractivity contribution in [2.24, 2.45) is 0 Å². The van der Waals surface area contributed by atoms with Crippen LogP contribution in [-0.2, 0) is 6.54 Å². The fraction of sp³-hybridized carbons (Fsp3) is 0.320. The summed E-state index contributed by atoms with van der Waals surface area (Å²) in [5, 5.41) is 17.1. The molecule has 1 aliphatic heterocycles. The van der Waals surface area contributed by atoms with E-state index in [0.29, 0.717) is 37.0 Å². The Labute approximate surface area is 206 Å². The van der Waals surface area contributed by atoms with Gasteiger partial charge in [0, 0.05) is 32.7 Å². The van der Waals surface area contributed by atoms with Gasteiger partial charge >= 0.3 is 0 Å². The SMILES string of the molecule is C#C.CC.CN1CCN(C(=O)c2cccc(Nc3nsnc3NCc3ccccc3)c2O)CC1. The summed E-state index contributed by atoms with van der Waals surface area (Å²) in [4.78, 5) is 16.8. The number of benzene rings is 2. The lowest BCUT2D eigenvalue weighted by Gasteiger charge is -2.32. The number of phenolic OH excluding ortho intramolecular Hbond substituents is 1. The van der Waals surface area contributed by atoms with Gasteiger partial charge in [0.25, 0.3) is 5.91 Å². The number of likely N-dealkylation sites (N-methyl/N-ethyl adjacent to an activating group) is 1. The van der Waals surface area contributed by atoms with E-state index in [9.17, 15) is 9.90 Å². The van der Waals surface area contributed by atoms with Gasteiger partial charge in [0.2, 0.25) is 0 Å². The van der Waals surface area contributed by atoms with Gasteiger partial charge in [0.05, 0.1) is 23.0 Å². The molecular weight excluding hydrogens is 448 g/mol. The maximum atomic E-state index is 12.9. The van der Waals surface area contributed by atoms with Gasteiger partial charge in [-0.05, 0) is 24.7 Å². The molecule has 34 heavy (non-hydrogen) atoms. The number of rotatable bonds is 6. The molecule has 1 aromatic heterocycles. The van der Waals surface area contributed by atoms with Gasteiger partial charge in [0.15, 0.2) is 17.4 Å². The first-order chi connectivity index (χ1) is 16.6. The van der Waals surface area contributed by atoms with Crippen LogP contribution in [0, 0.1) is 12.8 Å². The Morgan fingerprint density at radius 3 is 2.32 bits per heavy atom. The second-order valence-corrected chi connectivity index (χ2v) is 7.75. The predicted octanol–water partition coefficient (Wildman–Crippen LogP) is 4.26. The van der Waals surface area contributed by atoms with Crippen LogP contribution < -0.4 is 10.6 Å². The summed E-state index contributed by atoms with van der Waals surface area (Å²) in [6.45, 7) is 7.55. The number of para-hydroxylation sites is 1. The van der Waals surface area contributed by atoms with Crippen LogP contribution in [0.1, 0.15) is 29.8 Å². The first-order valence-electron chi connectivity index (χ1n) is 11.1. The Hall–Kier alpha value is -3.61. The second-order valence-electron chi connectivity index (χ2n) is 7.22. The minimum Gasteiger partial charge on any atom is -0.505 e. The van der Waals surface area contributed by atoms with Crippen LogP contribution in [0.15, 0.2) is 48.5 Å². The van der Waals surface area contributed by atoms with Crippen molar-refractivity contribution >= 4 is 35.0 Å². The molecule has 1 saturated heterocycles. The van der Waals surface area contributed by atoms with Crippen molar-refractivity contribution in [1.29, 1.82) is 0 Å². The third kappa shape index (κ3) is 6.94. The fourth-order valence-electron chi connectivity index (χ4n) is 3.29. The maximum Gasteiger partial charge on any atom is 0.257 e. The number of piperazine rings is 1. The molecule has 2 aromatic carbocycles. The Morgan fingerprint density at radius 1 is 1.00 bits per heavy atom. The van der Waals surface area contributed by atoms with Gasteiger partial charge < -0.3 is 25.5 Å². The molecule has 4 rings (SSSR count). The third-order valence-electron chi connectivity index (χ3n) is 5.10. The van der Waals surface area contributed by atoms with Gasteiger partial charge in [-0.15, -0.1) is 12.8 Å². The lowest BCUT2D eigenvalue weighted by molar-refractivity contribution is 0.0661. The van der Waals surface area contributed by atoms with Crippen molar-refractivity contribution in [2.75, 3.05) is 43.9 Å². The molecule has 0 aliphatic carbocycles. The van der Waals surface area contributed by atoms with Gasteiger partial charge in [-0.3, -0.25) is 4.79 Å². The quantitative estimate of drug-likeness (QED) is 0.358. The number of carbonyl (C=O) groups is 1. The fourth-order valence-corrected chi connectivity index (χ4v) is 3.78. The molecule has 3 aromatic rings. The Balaban J connectivity index is 0.000000970. The zero-order chi connectivity index (χ0) is 24.9. The molecule has 0 atom stereocenters. The summed E-state index contributed by atoms with van der Waals surface area (Å²) in [6.07, 6.45) is 8.00. The molecule has 0 spiro atoms. The van der Waals surface area contributed by atoms with E-state index in [1.165, 1.54) is 0 Å². The summed E-state index contributed by atoms with van der Waals surface area (Å²) in [7, 11) is 2.04. The number of amides is 1. The average Bonchev–Trinajstić information content (AvgIpc) is 3.34. The molecule has 0 bridgehead atoms. The molecule has 9 heteroatoms. The molecule has 0 saturated carbocycles. The Morgan fingerprint density at radius 2 is 1.65 bits per heavy atom. The van der Waals surface area contributed by atoms with Crippen molar-refractivity contribution in [3.8, 4) is 18.6 Å². The summed E-state index contributed by atoms with van der Waals surface area (Å²) < 4.78 is 8.57. The van der Waals surface area contributed by atoms with Crippen molar-refractivity contribution < 1.29 is 9.90 Å². The minimum absolute atomic E-state index is 0.0802. The number of aromatic nitrogens is 2. The molecule has 1 aliphatic rings. The highest BCUT2D eigenvalue weighted by Crippen LogP contribution is 2.33. The number of hydrogen-bond donors (Lipinski definition) is 3. The normalized spacial score (nSPS) is 13.0. The highest BCUT2D eigenvalue weighted by Gasteiger charge is 2.24. The van der Waals surface area contributed by atoms with Gasteiger partial charge in [-0.1, -0.05) is 50.2 Å². The molecule has 1 amide bonds. The molecule has 2 heterocycles. The van der Waals surface area contributed by atoms with Crippen LogP contribution >= 0.6 is 11.7 Å². The predicted molar refractivity (Wildman–Crippen MR) is 140 cm³/mol. The molecule has 1 fully saturated rings. The minimum atomic E-state index is -0.164. The monoisotopic (exact) mass is 480 g/mol. The van der Waals surface area contributed by atoms with E-state index < -0.39 is 0 Å². The van der Waals surface area contributed by atoms with Crippen LogP contribution in [0.5, 0.6) is 5.75 Å². The van der Waals surface area contributed by atoms with Gasteiger partial charge in [-0.25, -0.2) is 0 Å². The first kappa shape index (κ1) is 26.6. The molecule has 3 N–H and O–H groups in total. The van der Waals surface area contributed by atoms with E-state index in [1.807, 2.05) is 51.2 Å². The van der Waals surface area contributed by atoms with E-state index in [1.54, 1.807) is 23.1 Å². The van der Waals surface area contributed by atoms with Crippen molar-refractivity contribution in [1.82, 2.24) is 18.5 Å². The topological polar surface area (TPSA) is 93.6 Å². The average molecular weight is 481 g/mol. The largest absolute Gasteiger partial charge is 0.505 e. The number of phenols is 1. The van der Waals surface area contributed by atoms with Gasteiger partial charge in [0.1, 0.15) is 0 Å². The zero-order valence-electron chi connectivity index (χ0n) is 19.9. The molecule has 0 radical (unpaired) electrons. The number of hydrogen-bond acceptors (Lipinski definition) is 8. The summed E-state index contributed by atoms with van der Waals surface area (Å²) in [6, 6.07) is 15.1. The number of nitrogens with zero attached hydrogens (tertiary/aromatic N) is 4. The van der Waals surface area contributed by atoms with Crippen LogP contribution in [-0.4, -0.2) is 62.8 Å². The number of nitrogens with one attached hydrogen (secondary N) is 2. The first-order valence-corrected chi connectivity index (χ1v) is 11.9. The second kappa shape index (κ2) is 13.8. The van der Waals surface area contributed by atoms with E-state index in [-0.39, 0.29) is 17.2 Å². The summed E-state index contributed by atoms with van der Waals surface area (Å²) >= 11 is 1.07. The lowest BCUT2D eigenvalue weighted by Crippen LogP contribution is -2.47. The van der Waals surface area contributed by atoms with Crippen LogP contribution in [0.4, 0.5) is 17.3 Å². The number of carbonyl (C=O) groups excluding carboxylic acids is 1.